The molecule has 2 heterocycles. The molecule has 0 aromatic heterocycles. The third-order valence-electron chi connectivity index (χ3n) is 3.97. The zero-order chi connectivity index (χ0) is 12.1. The van der Waals surface area contributed by atoms with Crippen molar-refractivity contribution in [1.82, 2.24) is 10.6 Å². The maximum atomic E-state index is 12.0. The Morgan fingerprint density at radius 2 is 2.06 bits per heavy atom. The van der Waals surface area contributed by atoms with Crippen molar-refractivity contribution in [3.63, 3.8) is 0 Å². The van der Waals surface area contributed by atoms with E-state index in [1.165, 1.54) is 6.42 Å². The average molecular weight is 240 g/mol. The smallest absolute Gasteiger partial charge is 0.237 e. The maximum Gasteiger partial charge on any atom is 0.237 e. The largest absolute Gasteiger partial charge is 0.381 e. The first kappa shape index (κ1) is 12.8. The Labute approximate surface area is 103 Å². The number of hydrogen-bond donors (Lipinski definition) is 2. The van der Waals surface area contributed by atoms with Gasteiger partial charge in [0, 0.05) is 19.3 Å². The van der Waals surface area contributed by atoms with Gasteiger partial charge in [-0.2, -0.15) is 0 Å². The zero-order valence-corrected chi connectivity index (χ0v) is 10.7. The molecule has 4 heteroatoms. The van der Waals surface area contributed by atoms with E-state index in [1.807, 2.05) is 0 Å². The van der Waals surface area contributed by atoms with Crippen LogP contribution in [0.3, 0.4) is 0 Å². The average Bonchev–Trinajstić information content (AvgIpc) is 2.40. The Morgan fingerprint density at radius 1 is 1.29 bits per heavy atom. The van der Waals surface area contributed by atoms with Crippen LogP contribution >= 0.6 is 0 Å². The van der Waals surface area contributed by atoms with Crippen molar-refractivity contribution in [3.8, 4) is 0 Å². The minimum absolute atomic E-state index is 0.0334. The highest BCUT2D eigenvalue weighted by atomic mass is 16.5. The van der Waals surface area contributed by atoms with E-state index < -0.39 is 0 Å². The second kappa shape index (κ2) is 6.36. The molecule has 2 aliphatic heterocycles. The summed E-state index contributed by atoms with van der Waals surface area (Å²) in [6, 6.07) is 0.307. The number of nitrogens with one attached hydrogen (secondary N) is 2. The normalized spacial score (nSPS) is 28.6. The molecule has 2 aliphatic rings. The van der Waals surface area contributed by atoms with Gasteiger partial charge in [-0.15, -0.1) is 0 Å². The van der Waals surface area contributed by atoms with Crippen molar-refractivity contribution in [3.05, 3.63) is 0 Å². The Kier molecular flexibility index (Phi) is 4.80. The summed E-state index contributed by atoms with van der Waals surface area (Å²) in [4.78, 5) is 12.0. The van der Waals surface area contributed by atoms with E-state index in [4.69, 9.17) is 4.74 Å². The fourth-order valence-corrected chi connectivity index (χ4v) is 2.73. The standard InChI is InChI=1S/C13H24N2O2/c1-10(11-5-8-17-9-6-11)15-13(16)12-4-2-3-7-14-12/h10-12,14H,2-9H2,1H3,(H,15,16)/t10?,12-/m1/s1. The lowest BCUT2D eigenvalue weighted by molar-refractivity contribution is -0.124. The maximum absolute atomic E-state index is 12.0. The molecule has 2 rings (SSSR count). The lowest BCUT2D eigenvalue weighted by atomic mass is 9.92. The van der Waals surface area contributed by atoms with Crippen LogP contribution in [0.4, 0.5) is 0 Å². The Bertz CT molecular complexity index is 246. The molecule has 98 valence electrons. The molecule has 1 amide bonds. The van der Waals surface area contributed by atoms with Gasteiger partial charge in [-0.05, 0) is 45.1 Å². The van der Waals surface area contributed by atoms with Gasteiger partial charge >= 0.3 is 0 Å². The predicted molar refractivity (Wildman–Crippen MR) is 66.8 cm³/mol. The van der Waals surface area contributed by atoms with Crippen molar-refractivity contribution in [1.29, 1.82) is 0 Å². The number of piperidine rings is 1. The van der Waals surface area contributed by atoms with E-state index >= 15 is 0 Å². The van der Waals surface area contributed by atoms with Crippen LogP contribution in [0.15, 0.2) is 0 Å². The number of ether oxygens (including phenoxy) is 1. The van der Waals surface area contributed by atoms with E-state index in [0.717, 1.165) is 45.4 Å². The van der Waals surface area contributed by atoms with Crippen molar-refractivity contribution >= 4 is 5.91 Å². The Hall–Kier alpha value is -0.610. The summed E-state index contributed by atoms with van der Waals surface area (Å²) in [7, 11) is 0. The number of carbonyl (C=O) groups is 1. The van der Waals surface area contributed by atoms with Crippen molar-refractivity contribution in [2.75, 3.05) is 19.8 Å². The van der Waals surface area contributed by atoms with Crippen molar-refractivity contribution in [2.24, 2.45) is 5.92 Å². The van der Waals surface area contributed by atoms with Crippen LogP contribution in [0.25, 0.3) is 0 Å². The van der Waals surface area contributed by atoms with Crippen LogP contribution < -0.4 is 10.6 Å². The second-order valence-corrected chi connectivity index (χ2v) is 5.25. The van der Waals surface area contributed by atoms with E-state index in [2.05, 4.69) is 17.6 Å². The lowest BCUT2D eigenvalue weighted by Gasteiger charge is -2.30. The first-order chi connectivity index (χ1) is 8.27. The minimum Gasteiger partial charge on any atom is -0.381 e. The molecule has 0 aromatic rings. The Balaban J connectivity index is 1.76. The van der Waals surface area contributed by atoms with Gasteiger partial charge in [0.25, 0.3) is 0 Å². The molecule has 2 fully saturated rings. The summed E-state index contributed by atoms with van der Waals surface area (Å²) in [5, 5.41) is 6.45. The number of carbonyl (C=O) groups excluding carboxylic acids is 1. The van der Waals surface area contributed by atoms with E-state index in [0.29, 0.717) is 5.92 Å². The third-order valence-corrected chi connectivity index (χ3v) is 3.97. The van der Waals surface area contributed by atoms with E-state index in [1.54, 1.807) is 0 Å². The predicted octanol–water partition coefficient (Wildman–Crippen LogP) is 1.06. The zero-order valence-electron chi connectivity index (χ0n) is 10.7. The van der Waals surface area contributed by atoms with Crippen molar-refractivity contribution in [2.45, 2.75) is 51.1 Å². The van der Waals surface area contributed by atoms with E-state index in [9.17, 15) is 4.79 Å². The first-order valence-electron chi connectivity index (χ1n) is 6.89. The fraction of sp³-hybridized carbons (Fsp3) is 0.923. The van der Waals surface area contributed by atoms with Crippen LogP contribution in [-0.4, -0.2) is 37.7 Å². The summed E-state index contributed by atoms with van der Waals surface area (Å²) in [5.41, 5.74) is 0. The minimum atomic E-state index is 0.0334. The molecule has 2 N–H and O–H groups in total. The van der Waals surface area contributed by atoms with Gasteiger partial charge in [-0.3, -0.25) is 4.79 Å². The molecule has 17 heavy (non-hydrogen) atoms. The van der Waals surface area contributed by atoms with Gasteiger partial charge in [0.15, 0.2) is 0 Å². The van der Waals surface area contributed by atoms with Crippen LogP contribution in [0.5, 0.6) is 0 Å². The molecule has 1 unspecified atom stereocenters. The van der Waals surface area contributed by atoms with E-state index in [-0.39, 0.29) is 18.0 Å². The molecule has 0 radical (unpaired) electrons. The summed E-state index contributed by atoms with van der Waals surface area (Å²) >= 11 is 0. The van der Waals surface area contributed by atoms with Crippen molar-refractivity contribution < 1.29 is 9.53 Å². The van der Waals surface area contributed by atoms with Crippen LogP contribution in [0.1, 0.15) is 39.0 Å². The van der Waals surface area contributed by atoms with Gasteiger partial charge in [-0.25, -0.2) is 0 Å². The molecule has 0 aliphatic carbocycles. The number of amides is 1. The molecular weight excluding hydrogens is 216 g/mol. The molecule has 0 spiro atoms. The molecule has 0 saturated carbocycles. The summed E-state index contributed by atoms with van der Waals surface area (Å²) in [5.74, 6) is 0.764. The molecular formula is C13H24N2O2. The first-order valence-corrected chi connectivity index (χ1v) is 6.89. The monoisotopic (exact) mass is 240 g/mol. The quantitative estimate of drug-likeness (QED) is 0.775. The molecule has 2 saturated heterocycles. The lowest BCUT2D eigenvalue weighted by Crippen LogP contribution is -2.51. The highest BCUT2D eigenvalue weighted by molar-refractivity contribution is 5.82. The number of rotatable bonds is 3. The highest BCUT2D eigenvalue weighted by Crippen LogP contribution is 2.19. The van der Waals surface area contributed by atoms with Gasteiger partial charge in [0.05, 0.1) is 6.04 Å². The summed E-state index contributed by atoms with van der Waals surface area (Å²) in [6.45, 7) is 4.78. The topological polar surface area (TPSA) is 50.4 Å². The van der Waals surface area contributed by atoms with Gasteiger partial charge in [0.1, 0.15) is 0 Å². The molecule has 2 atom stereocenters. The van der Waals surface area contributed by atoms with Gasteiger partial charge in [0.2, 0.25) is 5.91 Å². The summed E-state index contributed by atoms with van der Waals surface area (Å²) in [6.07, 6.45) is 5.47. The third kappa shape index (κ3) is 3.68. The highest BCUT2D eigenvalue weighted by Gasteiger charge is 2.25. The molecule has 0 aromatic carbocycles. The Morgan fingerprint density at radius 3 is 2.71 bits per heavy atom. The van der Waals surface area contributed by atoms with Crippen LogP contribution in [0.2, 0.25) is 0 Å². The van der Waals surface area contributed by atoms with Crippen LogP contribution in [-0.2, 0) is 9.53 Å². The molecule has 4 nitrogen and oxygen atoms in total. The number of hydrogen-bond acceptors (Lipinski definition) is 3. The van der Waals surface area contributed by atoms with Gasteiger partial charge in [-0.1, -0.05) is 6.42 Å². The fourth-order valence-electron chi connectivity index (χ4n) is 2.73. The van der Waals surface area contributed by atoms with Gasteiger partial charge < -0.3 is 15.4 Å². The second-order valence-electron chi connectivity index (χ2n) is 5.25. The SMILES string of the molecule is CC(NC(=O)[C@H]1CCCCN1)C1CCOCC1. The van der Waals surface area contributed by atoms with Crippen LogP contribution in [0, 0.1) is 5.92 Å². The summed E-state index contributed by atoms with van der Waals surface area (Å²) < 4.78 is 5.35. The molecule has 0 bridgehead atoms.